The number of carbonyl (C=O) groups is 3. The van der Waals surface area contributed by atoms with Crippen LogP contribution in [0.2, 0.25) is 0 Å². The molecule has 0 fully saturated rings. The standard InChI is InChI=1S/C69H118O6/c1-4-7-10-13-16-19-22-25-27-29-30-31-32-33-34-35-36-37-38-40-41-44-47-50-53-56-59-62-68(71)74-65-66(64-73-67(70)61-58-55-52-49-46-43-24-21-18-15-12-9-6-3)75-69(72)63-60-57-54-51-48-45-42-39-28-26-23-20-17-14-11-8-5-2/h7,10,12,15-16,19,21,24-28,30-31,33-34,66H,4-6,8-9,11,13-14,17-18,20,22-23,29,32,35-65H2,1-3H3/b10-7-,15-12-,19-16-,24-21-,27-25-,28-26-,31-30-,34-33-. The third-order valence-electron chi connectivity index (χ3n) is 13.5. The van der Waals surface area contributed by atoms with Crippen molar-refractivity contribution >= 4 is 17.9 Å². The molecule has 6 nitrogen and oxygen atoms in total. The first-order valence-corrected chi connectivity index (χ1v) is 31.7. The van der Waals surface area contributed by atoms with Crippen LogP contribution in [0.25, 0.3) is 0 Å². The summed E-state index contributed by atoms with van der Waals surface area (Å²) in [6, 6.07) is 0. The van der Waals surface area contributed by atoms with Crippen LogP contribution in [-0.4, -0.2) is 37.2 Å². The Kier molecular flexibility index (Phi) is 59.8. The molecule has 430 valence electrons. The lowest BCUT2D eigenvalue weighted by molar-refractivity contribution is -0.167. The second-order valence-electron chi connectivity index (χ2n) is 20.9. The monoisotopic (exact) mass is 1040 g/mol. The van der Waals surface area contributed by atoms with Gasteiger partial charge in [-0.05, 0) is 116 Å². The molecule has 75 heavy (non-hydrogen) atoms. The first-order valence-electron chi connectivity index (χ1n) is 31.7. The molecule has 0 radical (unpaired) electrons. The molecule has 0 aliphatic heterocycles. The number of allylic oxidation sites excluding steroid dienone is 16. The molecule has 0 N–H and O–H groups in total. The number of unbranched alkanes of at least 4 members (excludes halogenated alkanes) is 30. The normalized spacial score (nSPS) is 12.7. The molecule has 0 aliphatic rings. The molecule has 0 rings (SSSR count). The summed E-state index contributed by atoms with van der Waals surface area (Å²) in [5, 5.41) is 0. The first-order chi connectivity index (χ1) is 37.0. The van der Waals surface area contributed by atoms with Crippen LogP contribution < -0.4 is 0 Å². The highest BCUT2D eigenvalue weighted by Gasteiger charge is 2.19. The number of carbonyl (C=O) groups excluding carboxylic acids is 3. The molecule has 6 heteroatoms. The summed E-state index contributed by atoms with van der Waals surface area (Å²) in [6.45, 7) is 6.46. The zero-order valence-corrected chi connectivity index (χ0v) is 49.3. The fourth-order valence-corrected chi connectivity index (χ4v) is 8.80. The molecule has 0 aromatic carbocycles. The van der Waals surface area contributed by atoms with Gasteiger partial charge in [-0.2, -0.15) is 0 Å². The Morgan fingerprint density at radius 2 is 0.547 bits per heavy atom. The van der Waals surface area contributed by atoms with Crippen molar-refractivity contribution in [3.8, 4) is 0 Å². The lowest BCUT2D eigenvalue weighted by Crippen LogP contribution is -2.30. The summed E-state index contributed by atoms with van der Waals surface area (Å²) in [6.07, 6.45) is 84.1. The van der Waals surface area contributed by atoms with Crippen molar-refractivity contribution in [3.05, 3.63) is 97.2 Å². The molecule has 0 spiro atoms. The van der Waals surface area contributed by atoms with Crippen molar-refractivity contribution in [2.75, 3.05) is 13.2 Å². The van der Waals surface area contributed by atoms with Gasteiger partial charge in [-0.1, -0.05) is 266 Å². The van der Waals surface area contributed by atoms with Gasteiger partial charge in [-0.3, -0.25) is 14.4 Å². The van der Waals surface area contributed by atoms with Gasteiger partial charge in [0.1, 0.15) is 13.2 Å². The summed E-state index contributed by atoms with van der Waals surface area (Å²) in [5.74, 6) is -0.897. The Morgan fingerprint density at radius 3 is 0.880 bits per heavy atom. The predicted octanol–water partition coefficient (Wildman–Crippen LogP) is 21.7. The molecule has 0 aromatic rings. The second kappa shape index (κ2) is 62.9. The van der Waals surface area contributed by atoms with Gasteiger partial charge in [0.2, 0.25) is 0 Å². The van der Waals surface area contributed by atoms with E-state index in [1.54, 1.807) is 0 Å². The van der Waals surface area contributed by atoms with Crippen molar-refractivity contribution < 1.29 is 28.6 Å². The summed E-state index contributed by atoms with van der Waals surface area (Å²) in [4.78, 5) is 38.3. The Balaban J connectivity index is 4.30. The Morgan fingerprint density at radius 1 is 0.280 bits per heavy atom. The lowest BCUT2D eigenvalue weighted by atomic mass is 10.0. The van der Waals surface area contributed by atoms with E-state index in [1.165, 1.54) is 141 Å². The smallest absolute Gasteiger partial charge is 0.306 e. The molecule has 0 bridgehead atoms. The van der Waals surface area contributed by atoms with Gasteiger partial charge in [-0.15, -0.1) is 0 Å². The van der Waals surface area contributed by atoms with E-state index in [1.807, 2.05) is 0 Å². The quantitative estimate of drug-likeness (QED) is 0.0261. The van der Waals surface area contributed by atoms with Crippen LogP contribution >= 0.6 is 0 Å². The van der Waals surface area contributed by atoms with E-state index in [2.05, 4.69) is 118 Å². The largest absolute Gasteiger partial charge is 0.462 e. The second-order valence-corrected chi connectivity index (χ2v) is 20.9. The van der Waals surface area contributed by atoms with Gasteiger partial charge in [0.05, 0.1) is 0 Å². The number of rotatable bonds is 57. The number of hydrogen-bond acceptors (Lipinski definition) is 6. The zero-order chi connectivity index (χ0) is 54.3. The van der Waals surface area contributed by atoms with E-state index in [0.717, 1.165) is 122 Å². The zero-order valence-electron chi connectivity index (χ0n) is 49.3. The SMILES string of the molecule is CC/C=C\C/C=C\C/C=C\C/C=C\C/C=C\CCCCCCCCCCCCCC(=O)OCC(COC(=O)CCCCCCC/C=C\C/C=C\CCC)OC(=O)CCCCCCCCC/C=C\CCCCCCCC. The highest BCUT2D eigenvalue weighted by Crippen LogP contribution is 2.16. The topological polar surface area (TPSA) is 78.9 Å². The highest BCUT2D eigenvalue weighted by molar-refractivity contribution is 5.71. The number of esters is 3. The average Bonchev–Trinajstić information content (AvgIpc) is 3.41. The van der Waals surface area contributed by atoms with Gasteiger partial charge < -0.3 is 14.2 Å². The minimum absolute atomic E-state index is 0.0844. The van der Waals surface area contributed by atoms with Gasteiger partial charge in [-0.25, -0.2) is 0 Å². The fraction of sp³-hybridized carbons (Fsp3) is 0.725. The van der Waals surface area contributed by atoms with Gasteiger partial charge in [0.15, 0.2) is 6.10 Å². The van der Waals surface area contributed by atoms with Crippen molar-refractivity contribution in [2.24, 2.45) is 0 Å². The van der Waals surface area contributed by atoms with E-state index in [9.17, 15) is 14.4 Å². The van der Waals surface area contributed by atoms with Crippen LogP contribution in [0, 0.1) is 0 Å². The minimum atomic E-state index is -0.788. The molecule has 1 unspecified atom stereocenters. The molecule has 0 heterocycles. The van der Waals surface area contributed by atoms with Crippen molar-refractivity contribution in [1.82, 2.24) is 0 Å². The lowest BCUT2D eigenvalue weighted by Gasteiger charge is -2.18. The third-order valence-corrected chi connectivity index (χ3v) is 13.5. The van der Waals surface area contributed by atoms with E-state index in [4.69, 9.17) is 14.2 Å². The average molecular weight is 1040 g/mol. The molecule has 0 saturated carbocycles. The fourth-order valence-electron chi connectivity index (χ4n) is 8.80. The Hall–Kier alpha value is -3.67. The van der Waals surface area contributed by atoms with Crippen LogP contribution in [0.3, 0.4) is 0 Å². The van der Waals surface area contributed by atoms with E-state index in [0.29, 0.717) is 19.3 Å². The summed E-state index contributed by atoms with van der Waals surface area (Å²) in [5.41, 5.74) is 0. The molecular formula is C69H118O6. The maximum atomic E-state index is 12.9. The van der Waals surface area contributed by atoms with E-state index in [-0.39, 0.29) is 31.1 Å². The highest BCUT2D eigenvalue weighted by atomic mass is 16.6. The van der Waals surface area contributed by atoms with E-state index < -0.39 is 6.10 Å². The third kappa shape index (κ3) is 61.1. The van der Waals surface area contributed by atoms with Crippen LogP contribution in [0.4, 0.5) is 0 Å². The molecule has 0 aliphatic carbocycles. The maximum Gasteiger partial charge on any atom is 0.306 e. The van der Waals surface area contributed by atoms with Crippen LogP contribution in [0.1, 0.15) is 303 Å². The molecule has 1 atom stereocenters. The van der Waals surface area contributed by atoms with Crippen LogP contribution in [0.5, 0.6) is 0 Å². The Labute approximate surface area is 464 Å². The van der Waals surface area contributed by atoms with Crippen LogP contribution in [0.15, 0.2) is 97.2 Å². The summed E-state index contributed by atoms with van der Waals surface area (Å²) >= 11 is 0. The molecule has 0 saturated heterocycles. The maximum absolute atomic E-state index is 12.9. The minimum Gasteiger partial charge on any atom is -0.462 e. The van der Waals surface area contributed by atoms with Crippen molar-refractivity contribution in [2.45, 2.75) is 309 Å². The van der Waals surface area contributed by atoms with Gasteiger partial charge in [0.25, 0.3) is 0 Å². The molecule has 0 aromatic heterocycles. The summed E-state index contributed by atoms with van der Waals surface area (Å²) < 4.78 is 16.9. The van der Waals surface area contributed by atoms with E-state index >= 15 is 0 Å². The van der Waals surface area contributed by atoms with Crippen molar-refractivity contribution in [3.63, 3.8) is 0 Å². The Bertz CT molecular complexity index is 1480. The molecular weight excluding hydrogens is 925 g/mol. The molecule has 0 amide bonds. The first kappa shape index (κ1) is 71.3. The summed E-state index contributed by atoms with van der Waals surface area (Å²) in [7, 11) is 0. The van der Waals surface area contributed by atoms with Gasteiger partial charge in [0, 0.05) is 19.3 Å². The van der Waals surface area contributed by atoms with Gasteiger partial charge >= 0.3 is 17.9 Å². The van der Waals surface area contributed by atoms with Crippen molar-refractivity contribution in [1.29, 1.82) is 0 Å². The number of ether oxygens (including phenoxy) is 3. The number of hydrogen-bond donors (Lipinski definition) is 0. The predicted molar refractivity (Wildman–Crippen MR) is 325 cm³/mol. The van der Waals surface area contributed by atoms with Crippen LogP contribution in [-0.2, 0) is 28.6 Å².